The van der Waals surface area contributed by atoms with Crippen LogP contribution in [0.25, 0.3) is 0 Å². The van der Waals surface area contributed by atoms with Gasteiger partial charge >= 0.3 is 5.97 Å². The zero-order chi connectivity index (χ0) is 18.6. The van der Waals surface area contributed by atoms with Crippen molar-refractivity contribution in [3.8, 4) is 0 Å². The van der Waals surface area contributed by atoms with Crippen molar-refractivity contribution in [1.29, 1.82) is 0 Å². The van der Waals surface area contributed by atoms with Crippen molar-refractivity contribution in [1.82, 2.24) is 0 Å². The molecule has 2 aromatic rings. The van der Waals surface area contributed by atoms with Crippen molar-refractivity contribution in [2.24, 2.45) is 5.73 Å². The molecule has 0 bridgehead atoms. The van der Waals surface area contributed by atoms with Gasteiger partial charge in [-0.25, -0.2) is 13.6 Å². The molecule has 130 valence electrons. The number of benzene rings is 2. The molecular weight excluding hydrogens is 334 g/mol. The molecule has 2 aromatic carbocycles. The number of carbonyl (C=O) groups excluding carboxylic acids is 3. The fraction of sp³-hybridized carbons (Fsp3) is 0.118. The molecule has 0 aliphatic carbocycles. The molecule has 0 heterocycles. The second kappa shape index (κ2) is 7.52. The largest absolute Gasteiger partial charge is 0.449 e. The van der Waals surface area contributed by atoms with Gasteiger partial charge in [0.2, 0.25) is 5.91 Å². The number of halogens is 2. The molecule has 2 amide bonds. The van der Waals surface area contributed by atoms with Gasteiger partial charge in [0.05, 0.1) is 0 Å². The minimum Gasteiger partial charge on any atom is -0.449 e. The third-order valence-electron chi connectivity index (χ3n) is 3.26. The monoisotopic (exact) mass is 348 g/mol. The number of carbonyl (C=O) groups is 3. The summed E-state index contributed by atoms with van der Waals surface area (Å²) in [5.74, 6) is -4.79. The zero-order valence-electron chi connectivity index (χ0n) is 13.1. The first-order valence-corrected chi connectivity index (χ1v) is 7.15. The smallest absolute Gasteiger partial charge is 0.344 e. The molecule has 0 aliphatic rings. The molecular formula is C17H14F2N2O4. The van der Waals surface area contributed by atoms with Crippen LogP contribution in [0.15, 0.2) is 42.5 Å². The van der Waals surface area contributed by atoms with Gasteiger partial charge in [0.1, 0.15) is 17.2 Å². The van der Waals surface area contributed by atoms with Crippen LogP contribution in [0.4, 0.5) is 14.5 Å². The summed E-state index contributed by atoms with van der Waals surface area (Å²) in [6.45, 7) is 1.25. The van der Waals surface area contributed by atoms with E-state index in [0.29, 0.717) is 5.69 Å². The molecule has 6 nitrogen and oxygen atoms in total. The van der Waals surface area contributed by atoms with E-state index >= 15 is 0 Å². The van der Waals surface area contributed by atoms with E-state index in [1.54, 1.807) is 0 Å². The molecule has 25 heavy (non-hydrogen) atoms. The van der Waals surface area contributed by atoms with Crippen molar-refractivity contribution < 1.29 is 27.9 Å². The van der Waals surface area contributed by atoms with Gasteiger partial charge in [-0.3, -0.25) is 9.59 Å². The van der Waals surface area contributed by atoms with E-state index in [1.165, 1.54) is 31.2 Å². The second-order valence-electron chi connectivity index (χ2n) is 5.08. The molecule has 8 heteroatoms. The summed E-state index contributed by atoms with van der Waals surface area (Å²) in [5, 5.41) is 2.44. The number of nitrogens with two attached hydrogens (primary N) is 1. The highest BCUT2D eigenvalue weighted by Crippen LogP contribution is 2.15. The Kier molecular flexibility index (Phi) is 5.43. The van der Waals surface area contributed by atoms with Crippen LogP contribution in [0.3, 0.4) is 0 Å². The number of amides is 2. The fourth-order valence-corrected chi connectivity index (χ4v) is 1.93. The molecule has 0 fully saturated rings. The molecule has 0 radical (unpaired) electrons. The van der Waals surface area contributed by atoms with Gasteiger partial charge in [-0.1, -0.05) is 6.07 Å². The van der Waals surface area contributed by atoms with E-state index in [2.05, 4.69) is 5.32 Å². The number of hydrogen-bond donors (Lipinski definition) is 2. The lowest BCUT2D eigenvalue weighted by Crippen LogP contribution is -2.30. The van der Waals surface area contributed by atoms with Gasteiger partial charge in [0.25, 0.3) is 5.91 Å². The van der Waals surface area contributed by atoms with Gasteiger partial charge in [-0.15, -0.1) is 0 Å². The van der Waals surface area contributed by atoms with Crippen LogP contribution in [-0.4, -0.2) is 23.9 Å². The second-order valence-corrected chi connectivity index (χ2v) is 5.08. The quantitative estimate of drug-likeness (QED) is 0.810. The molecule has 0 aromatic heterocycles. The predicted molar refractivity (Wildman–Crippen MR) is 84.8 cm³/mol. The van der Waals surface area contributed by atoms with Crippen LogP contribution in [0.2, 0.25) is 0 Å². The number of anilines is 1. The lowest BCUT2D eigenvalue weighted by molar-refractivity contribution is -0.123. The number of ether oxygens (including phenoxy) is 1. The van der Waals surface area contributed by atoms with E-state index in [1.807, 2.05) is 0 Å². The standard InChI is InChI=1S/C17H14F2N2O4/c1-9(25-17(24)14-12(18)3-2-4-13(14)19)16(23)21-11-7-5-10(6-8-11)15(20)22/h2-9H,1H3,(H2,20,22)(H,21,23). The lowest BCUT2D eigenvalue weighted by Gasteiger charge is -2.14. The summed E-state index contributed by atoms with van der Waals surface area (Å²) < 4.78 is 31.8. The first-order valence-electron chi connectivity index (χ1n) is 7.15. The Balaban J connectivity index is 2.02. The first-order chi connectivity index (χ1) is 11.8. The van der Waals surface area contributed by atoms with E-state index < -0.39 is 41.1 Å². The van der Waals surface area contributed by atoms with Crippen molar-refractivity contribution in [3.05, 3.63) is 65.2 Å². The highest BCUT2D eigenvalue weighted by atomic mass is 19.1. The highest BCUT2D eigenvalue weighted by Gasteiger charge is 2.24. The lowest BCUT2D eigenvalue weighted by atomic mass is 10.2. The molecule has 0 saturated carbocycles. The van der Waals surface area contributed by atoms with Gasteiger partial charge < -0.3 is 15.8 Å². The van der Waals surface area contributed by atoms with E-state index in [4.69, 9.17) is 10.5 Å². The summed E-state index contributed by atoms with van der Waals surface area (Å²) >= 11 is 0. The fourth-order valence-electron chi connectivity index (χ4n) is 1.93. The van der Waals surface area contributed by atoms with Gasteiger partial charge in [0.15, 0.2) is 6.10 Å². The van der Waals surface area contributed by atoms with Gasteiger partial charge in [0, 0.05) is 11.3 Å². The number of nitrogens with one attached hydrogen (secondary N) is 1. The van der Waals surface area contributed by atoms with Gasteiger partial charge in [-0.05, 0) is 43.3 Å². The summed E-state index contributed by atoms with van der Waals surface area (Å²) in [5.41, 5.74) is 4.82. The topological polar surface area (TPSA) is 98.5 Å². The normalized spacial score (nSPS) is 11.5. The number of rotatable bonds is 5. The molecule has 1 atom stereocenters. The molecule has 0 saturated heterocycles. The third-order valence-corrected chi connectivity index (χ3v) is 3.26. The maximum Gasteiger partial charge on any atom is 0.344 e. The average molecular weight is 348 g/mol. The van der Waals surface area contributed by atoms with Crippen molar-refractivity contribution in [2.45, 2.75) is 13.0 Å². The molecule has 2 rings (SSSR count). The Morgan fingerprint density at radius 1 is 1.04 bits per heavy atom. The van der Waals surface area contributed by atoms with Crippen LogP contribution in [0.5, 0.6) is 0 Å². The van der Waals surface area contributed by atoms with Gasteiger partial charge in [-0.2, -0.15) is 0 Å². The minimum atomic E-state index is -1.30. The molecule has 0 spiro atoms. The van der Waals surface area contributed by atoms with E-state index in [9.17, 15) is 23.2 Å². The number of esters is 1. The number of hydrogen-bond acceptors (Lipinski definition) is 4. The summed E-state index contributed by atoms with van der Waals surface area (Å²) in [4.78, 5) is 34.8. The zero-order valence-corrected chi connectivity index (χ0v) is 13.1. The van der Waals surface area contributed by atoms with Crippen LogP contribution in [0, 0.1) is 11.6 Å². The number of primary amides is 1. The maximum absolute atomic E-state index is 13.5. The maximum atomic E-state index is 13.5. The van der Waals surface area contributed by atoms with Crippen molar-refractivity contribution in [2.75, 3.05) is 5.32 Å². The van der Waals surface area contributed by atoms with Crippen molar-refractivity contribution >= 4 is 23.5 Å². The van der Waals surface area contributed by atoms with Crippen LogP contribution >= 0.6 is 0 Å². The average Bonchev–Trinajstić information content (AvgIpc) is 2.55. The Morgan fingerprint density at radius 2 is 1.60 bits per heavy atom. The first kappa shape index (κ1) is 18.1. The summed E-state index contributed by atoms with van der Waals surface area (Å²) in [7, 11) is 0. The highest BCUT2D eigenvalue weighted by molar-refractivity contribution is 5.98. The van der Waals surface area contributed by atoms with E-state index in [0.717, 1.165) is 18.2 Å². The third kappa shape index (κ3) is 4.37. The molecule has 0 aliphatic heterocycles. The van der Waals surface area contributed by atoms with Crippen LogP contribution < -0.4 is 11.1 Å². The Bertz CT molecular complexity index is 802. The Hall–Kier alpha value is -3.29. The molecule has 3 N–H and O–H groups in total. The van der Waals surface area contributed by atoms with Crippen molar-refractivity contribution in [3.63, 3.8) is 0 Å². The van der Waals surface area contributed by atoms with E-state index in [-0.39, 0.29) is 5.56 Å². The Labute approximate surface area is 141 Å². The SMILES string of the molecule is CC(OC(=O)c1c(F)cccc1F)C(=O)Nc1ccc(C(N)=O)cc1. The Morgan fingerprint density at radius 3 is 2.12 bits per heavy atom. The predicted octanol–water partition coefficient (Wildman–Crippen LogP) is 2.25. The van der Waals surface area contributed by atoms with Crippen LogP contribution in [0.1, 0.15) is 27.6 Å². The molecule has 1 unspecified atom stereocenters. The summed E-state index contributed by atoms with van der Waals surface area (Å²) in [6, 6.07) is 8.60. The summed E-state index contributed by atoms with van der Waals surface area (Å²) in [6.07, 6.45) is -1.30. The minimum absolute atomic E-state index is 0.257. The van der Waals surface area contributed by atoms with Crippen LogP contribution in [-0.2, 0) is 9.53 Å².